The number of nitrogens with one attached hydrogen (secondary N) is 2. The van der Waals surface area contributed by atoms with Crippen molar-refractivity contribution in [1.82, 2.24) is 20.8 Å². The first-order valence-electron chi connectivity index (χ1n) is 5.74. The van der Waals surface area contributed by atoms with Gasteiger partial charge >= 0.3 is 0 Å². The molecule has 1 aromatic heterocycles. The normalized spacial score (nSPS) is 11.5. The molecule has 1 heterocycles. The van der Waals surface area contributed by atoms with E-state index in [4.69, 9.17) is 4.52 Å². The topological polar surface area (TPSA) is 80.0 Å². The molecule has 1 rings (SSSR count). The van der Waals surface area contributed by atoms with Crippen LogP contribution in [0.25, 0.3) is 0 Å². The van der Waals surface area contributed by atoms with Gasteiger partial charge in [0, 0.05) is 12.5 Å². The molecule has 17 heavy (non-hydrogen) atoms. The fourth-order valence-corrected chi connectivity index (χ4v) is 1.21. The van der Waals surface area contributed by atoms with Gasteiger partial charge in [0.1, 0.15) is 0 Å². The Morgan fingerprint density at radius 3 is 2.71 bits per heavy atom. The van der Waals surface area contributed by atoms with Crippen LogP contribution < -0.4 is 10.6 Å². The van der Waals surface area contributed by atoms with Crippen LogP contribution in [0.4, 0.5) is 0 Å². The first-order valence-corrected chi connectivity index (χ1v) is 5.74. The third-order valence-corrected chi connectivity index (χ3v) is 2.50. The SMILES string of the molecule is CCC(C)(C)NC(=O)CNCc1noc(C)n1. The van der Waals surface area contributed by atoms with Crippen LogP contribution in [0.15, 0.2) is 4.52 Å². The van der Waals surface area contributed by atoms with Crippen molar-refractivity contribution in [2.45, 2.75) is 46.2 Å². The second kappa shape index (κ2) is 5.77. The summed E-state index contributed by atoms with van der Waals surface area (Å²) in [7, 11) is 0. The van der Waals surface area contributed by atoms with E-state index >= 15 is 0 Å². The zero-order valence-electron chi connectivity index (χ0n) is 10.8. The predicted octanol–water partition coefficient (Wildman–Crippen LogP) is 0.772. The van der Waals surface area contributed by atoms with Crippen LogP contribution in [0.5, 0.6) is 0 Å². The molecule has 6 nitrogen and oxygen atoms in total. The van der Waals surface area contributed by atoms with Crippen molar-refractivity contribution in [3.8, 4) is 0 Å². The lowest BCUT2D eigenvalue weighted by Crippen LogP contribution is -2.46. The van der Waals surface area contributed by atoms with Gasteiger partial charge in [0.15, 0.2) is 5.82 Å². The molecule has 0 radical (unpaired) electrons. The Bertz CT molecular complexity index is 373. The minimum Gasteiger partial charge on any atom is -0.350 e. The molecule has 0 bridgehead atoms. The highest BCUT2D eigenvalue weighted by molar-refractivity contribution is 5.78. The zero-order valence-corrected chi connectivity index (χ0v) is 10.8. The molecule has 0 aliphatic rings. The summed E-state index contributed by atoms with van der Waals surface area (Å²) in [6.45, 7) is 8.43. The second-order valence-electron chi connectivity index (χ2n) is 4.62. The number of aryl methyl sites for hydroxylation is 1. The molecule has 0 saturated heterocycles. The molecular formula is C11H20N4O2. The summed E-state index contributed by atoms with van der Waals surface area (Å²) >= 11 is 0. The monoisotopic (exact) mass is 240 g/mol. The van der Waals surface area contributed by atoms with E-state index in [1.54, 1.807) is 6.92 Å². The Kier molecular flexibility index (Phi) is 4.62. The van der Waals surface area contributed by atoms with Crippen LogP contribution in [0.2, 0.25) is 0 Å². The minimum absolute atomic E-state index is 0.0305. The predicted molar refractivity (Wildman–Crippen MR) is 63.3 cm³/mol. The number of carbonyl (C=O) groups is 1. The summed E-state index contributed by atoms with van der Waals surface area (Å²) in [5, 5.41) is 9.62. The van der Waals surface area contributed by atoms with E-state index in [9.17, 15) is 4.79 Å². The molecule has 96 valence electrons. The Morgan fingerprint density at radius 2 is 2.18 bits per heavy atom. The maximum absolute atomic E-state index is 11.6. The molecule has 1 amide bonds. The van der Waals surface area contributed by atoms with E-state index in [1.165, 1.54) is 0 Å². The van der Waals surface area contributed by atoms with Crippen LogP contribution >= 0.6 is 0 Å². The van der Waals surface area contributed by atoms with Gasteiger partial charge in [-0.1, -0.05) is 12.1 Å². The molecule has 0 fully saturated rings. The van der Waals surface area contributed by atoms with Crippen LogP contribution in [0.1, 0.15) is 38.9 Å². The van der Waals surface area contributed by atoms with Crippen molar-refractivity contribution in [3.05, 3.63) is 11.7 Å². The van der Waals surface area contributed by atoms with Crippen molar-refractivity contribution in [2.75, 3.05) is 6.54 Å². The average molecular weight is 240 g/mol. The molecule has 0 spiro atoms. The van der Waals surface area contributed by atoms with Gasteiger partial charge in [-0.2, -0.15) is 4.98 Å². The van der Waals surface area contributed by atoms with Crippen LogP contribution in [0.3, 0.4) is 0 Å². The third kappa shape index (κ3) is 4.95. The summed E-state index contributed by atoms with van der Waals surface area (Å²) < 4.78 is 4.82. The molecule has 0 atom stereocenters. The lowest BCUT2D eigenvalue weighted by atomic mass is 10.0. The van der Waals surface area contributed by atoms with Crippen LogP contribution in [-0.4, -0.2) is 28.1 Å². The number of aromatic nitrogens is 2. The van der Waals surface area contributed by atoms with E-state index in [-0.39, 0.29) is 18.0 Å². The van der Waals surface area contributed by atoms with Crippen molar-refractivity contribution in [2.24, 2.45) is 0 Å². The van der Waals surface area contributed by atoms with Gasteiger partial charge in [0.2, 0.25) is 11.8 Å². The molecule has 0 aliphatic carbocycles. The van der Waals surface area contributed by atoms with Crippen molar-refractivity contribution < 1.29 is 9.32 Å². The summed E-state index contributed by atoms with van der Waals surface area (Å²) in [6, 6.07) is 0. The van der Waals surface area contributed by atoms with Gasteiger partial charge in [0.25, 0.3) is 0 Å². The first-order chi connectivity index (χ1) is 7.93. The van der Waals surface area contributed by atoms with Crippen molar-refractivity contribution >= 4 is 5.91 Å². The maximum Gasteiger partial charge on any atom is 0.234 e. The van der Waals surface area contributed by atoms with E-state index in [0.717, 1.165) is 6.42 Å². The second-order valence-corrected chi connectivity index (χ2v) is 4.62. The average Bonchev–Trinajstić information content (AvgIpc) is 2.63. The maximum atomic E-state index is 11.6. The molecule has 0 aliphatic heterocycles. The number of carbonyl (C=O) groups excluding carboxylic acids is 1. The quantitative estimate of drug-likeness (QED) is 0.767. The molecule has 0 aromatic carbocycles. The van der Waals surface area contributed by atoms with Crippen molar-refractivity contribution in [3.63, 3.8) is 0 Å². The lowest BCUT2D eigenvalue weighted by molar-refractivity contribution is -0.121. The fraction of sp³-hybridized carbons (Fsp3) is 0.727. The molecule has 2 N–H and O–H groups in total. The van der Waals surface area contributed by atoms with Crippen LogP contribution in [-0.2, 0) is 11.3 Å². The molecular weight excluding hydrogens is 220 g/mol. The third-order valence-electron chi connectivity index (χ3n) is 2.50. The summed E-state index contributed by atoms with van der Waals surface area (Å²) in [6.07, 6.45) is 0.892. The number of hydrogen-bond acceptors (Lipinski definition) is 5. The van der Waals surface area contributed by atoms with Gasteiger partial charge in [-0.05, 0) is 20.3 Å². The Morgan fingerprint density at radius 1 is 1.47 bits per heavy atom. The molecule has 6 heteroatoms. The van der Waals surface area contributed by atoms with Gasteiger partial charge in [-0.15, -0.1) is 0 Å². The number of amides is 1. The van der Waals surface area contributed by atoms with Gasteiger partial charge in [-0.25, -0.2) is 0 Å². The Labute approximate surface area is 101 Å². The number of rotatable bonds is 6. The fourth-order valence-electron chi connectivity index (χ4n) is 1.21. The van der Waals surface area contributed by atoms with E-state index in [1.807, 2.05) is 20.8 Å². The van der Waals surface area contributed by atoms with E-state index < -0.39 is 0 Å². The lowest BCUT2D eigenvalue weighted by Gasteiger charge is -2.24. The Balaban J connectivity index is 2.25. The molecule has 0 saturated carbocycles. The molecule has 1 aromatic rings. The molecule has 0 unspecified atom stereocenters. The number of hydrogen-bond donors (Lipinski definition) is 2. The smallest absolute Gasteiger partial charge is 0.234 e. The van der Waals surface area contributed by atoms with Crippen LogP contribution in [0, 0.1) is 6.92 Å². The standard InChI is InChI=1S/C11H20N4O2/c1-5-11(3,4)14-10(16)7-12-6-9-13-8(2)17-15-9/h12H,5-7H2,1-4H3,(H,14,16). The van der Waals surface area contributed by atoms with E-state index in [2.05, 4.69) is 20.8 Å². The van der Waals surface area contributed by atoms with E-state index in [0.29, 0.717) is 18.3 Å². The minimum atomic E-state index is -0.165. The summed E-state index contributed by atoms with van der Waals surface area (Å²) in [5.41, 5.74) is -0.165. The highest BCUT2D eigenvalue weighted by Gasteiger charge is 2.17. The highest BCUT2D eigenvalue weighted by atomic mass is 16.5. The highest BCUT2D eigenvalue weighted by Crippen LogP contribution is 2.05. The summed E-state index contributed by atoms with van der Waals surface area (Å²) in [5.74, 6) is 1.06. The Hall–Kier alpha value is -1.43. The van der Waals surface area contributed by atoms with Gasteiger partial charge in [0.05, 0.1) is 13.1 Å². The first kappa shape index (κ1) is 13.6. The van der Waals surface area contributed by atoms with Gasteiger partial charge in [-0.3, -0.25) is 4.79 Å². The zero-order chi connectivity index (χ0) is 12.9. The van der Waals surface area contributed by atoms with Gasteiger partial charge < -0.3 is 15.2 Å². The van der Waals surface area contributed by atoms with Crippen molar-refractivity contribution in [1.29, 1.82) is 0 Å². The number of nitrogens with zero attached hydrogens (tertiary/aromatic N) is 2. The largest absolute Gasteiger partial charge is 0.350 e. The summed E-state index contributed by atoms with van der Waals surface area (Å²) in [4.78, 5) is 15.6.